The molecule has 0 saturated heterocycles. The summed E-state index contributed by atoms with van der Waals surface area (Å²) in [4.78, 5) is 0. The molecule has 3 rings (SSSR count). The maximum atomic E-state index is 9.81. The Labute approximate surface area is 123 Å². The van der Waals surface area contributed by atoms with Crippen LogP contribution in [0.15, 0.2) is 11.8 Å². The maximum Gasteiger partial charge on any atom is 0.0883 e. The molecule has 0 radical (unpaired) electrons. The van der Waals surface area contributed by atoms with Crippen molar-refractivity contribution in [1.29, 1.82) is 0 Å². The molecule has 2 fully saturated rings. The Morgan fingerprint density at radius 1 is 0.900 bits per heavy atom. The van der Waals surface area contributed by atoms with Crippen LogP contribution in [-0.4, -0.2) is 16.3 Å². The van der Waals surface area contributed by atoms with Gasteiger partial charge in [-0.3, -0.25) is 0 Å². The molecule has 0 bridgehead atoms. The van der Waals surface area contributed by atoms with E-state index in [1.54, 1.807) is 0 Å². The lowest BCUT2D eigenvalue weighted by atomic mass is 9.54. The summed E-state index contributed by atoms with van der Waals surface area (Å²) >= 11 is 0. The van der Waals surface area contributed by atoms with Gasteiger partial charge >= 0.3 is 0 Å². The van der Waals surface area contributed by atoms with Gasteiger partial charge in [-0.05, 0) is 74.7 Å². The molecule has 1 unspecified atom stereocenters. The number of hydrogen-bond acceptors (Lipinski definition) is 2. The van der Waals surface area contributed by atoms with Gasteiger partial charge in [0.05, 0.1) is 11.9 Å². The monoisotopic (exact) mass is 278 g/mol. The van der Waals surface area contributed by atoms with Crippen molar-refractivity contribution in [3.8, 4) is 0 Å². The Balaban J connectivity index is 1.77. The third kappa shape index (κ3) is 2.77. The minimum Gasteiger partial charge on any atom is -0.513 e. The van der Waals surface area contributed by atoms with Crippen LogP contribution in [0.1, 0.15) is 77.0 Å². The Morgan fingerprint density at radius 3 is 2.20 bits per heavy atom. The minimum atomic E-state index is -0.0396. The highest BCUT2D eigenvalue weighted by molar-refractivity contribution is 5.04. The molecule has 114 valence electrons. The van der Waals surface area contributed by atoms with Crippen molar-refractivity contribution in [3.63, 3.8) is 0 Å². The zero-order chi connectivity index (χ0) is 14.0. The summed E-state index contributed by atoms with van der Waals surface area (Å²) in [7, 11) is 0. The molecule has 0 aromatic carbocycles. The van der Waals surface area contributed by atoms with E-state index in [-0.39, 0.29) is 6.10 Å². The number of allylic oxidation sites excluding steroid dienone is 2. The van der Waals surface area contributed by atoms with Crippen LogP contribution in [0.3, 0.4) is 0 Å². The molecular weight excluding hydrogens is 248 g/mol. The van der Waals surface area contributed by atoms with Gasteiger partial charge in [-0.25, -0.2) is 0 Å². The van der Waals surface area contributed by atoms with E-state index in [4.69, 9.17) is 0 Å². The smallest absolute Gasteiger partial charge is 0.0883 e. The van der Waals surface area contributed by atoms with Crippen LogP contribution in [0, 0.1) is 17.3 Å². The summed E-state index contributed by atoms with van der Waals surface area (Å²) in [5.41, 5.74) is 0.523. The van der Waals surface area contributed by atoms with Crippen LogP contribution in [0.4, 0.5) is 0 Å². The van der Waals surface area contributed by atoms with Crippen molar-refractivity contribution < 1.29 is 10.2 Å². The molecule has 0 aliphatic heterocycles. The predicted molar refractivity (Wildman–Crippen MR) is 81.5 cm³/mol. The molecule has 2 saturated carbocycles. The van der Waals surface area contributed by atoms with Crippen molar-refractivity contribution in [2.45, 2.75) is 83.2 Å². The van der Waals surface area contributed by atoms with Crippen molar-refractivity contribution in [1.82, 2.24) is 0 Å². The first-order valence-electron chi connectivity index (χ1n) is 8.77. The minimum absolute atomic E-state index is 0.0396. The Kier molecular flexibility index (Phi) is 4.40. The Bertz CT molecular complexity index is 346. The second-order valence-electron chi connectivity index (χ2n) is 7.47. The van der Waals surface area contributed by atoms with Crippen molar-refractivity contribution >= 4 is 0 Å². The van der Waals surface area contributed by atoms with Crippen LogP contribution < -0.4 is 0 Å². The molecule has 3 aliphatic rings. The number of hydrogen-bond donors (Lipinski definition) is 2. The predicted octanol–water partition coefficient (Wildman–Crippen LogP) is 4.73. The molecule has 1 atom stereocenters. The molecule has 20 heavy (non-hydrogen) atoms. The van der Waals surface area contributed by atoms with Gasteiger partial charge in [0.15, 0.2) is 0 Å². The van der Waals surface area contributed by atoms with Crippen LogP contribution in [0.5, 0.6) is 0 Å². The van der Waals surface area contributed by atoms with Crippen molar-refractivity contribution in [3.05, 3.63) is 11.8 Å². The molecule has 3 aliphatic carbocycles. The Hall–Kier alpha value is -0.500. The second-order valence-corrected chi connectivity index (χ2v) is 7.47. The summed E-state index contributed by atoms with van der Waals surface area (Å²) < 4.78 is 0. The second kappa shape index (κ2) is 6.09. The summed E-state index contributed by atoms with van der Waals surface area (Å²) in [6.07, 6.45) is 16.7. The molecule has 0 aromatic rings. The van der Waals surface area contributed by atoms with Gasteiger partial charge in [-0.15, -0.1) is 0 Å². The molecule has 0 amide bonds. The zero-order valence-corrected chi connectivity index (χ0v) is 12.7. The largest absolute Gasteiger partial charge is 0.513 e. The fraction of sp³-hybridized carbons (Fsp3) is 0.889. The first-order valence-corrected chi connectivity index (χ1v) is 8.77. The summed E-state index contributed by atoms with van der Waals surface area (Å²) in [5.74, 6) is 2.22. The van der Waals surface area contributed by atoms with Crippen LogP contribution in [-0.2, 0) is 0 Å². The van der Waals surface area contributed by atoms with Crippen LogP contribution in [0.25, 0.3) is 0 Å². The highest BCUT2D eigenvalue weighted by Gasteiger charge is 2.46. The van der Waals surface area contributed by atoms with E-state index in [0.29, 0.717) is 11.2 Å². The molecule has 0 heterocycles. The molecule has 2 nitrogen and oxygen atoms in total. The van der Waals surface area contributed by atoms with Gasteiger partial charge in [-0.2, -0.15) is 0 Å². The van der Waals surface area contributed by atoms with Gasteiger partial charge in [-0.1, -0.05) is 19.3 Å². The van der Waals surface area contributed by atoms with E-state index in [9.17, 15) is 10.2 Å². The molecule has 0 aromatic heterocycles. The standard InChI is InChI=1S/C18H30O2/c19-16-8-4-14(5-9-16)18(12-2-1-3-13-18)15-6-10-17(20)11-7-15/h8,14-15,17,19-20H,1-7,9-13H2. The number of rotatable bonds is 2. The normalized spacial score (nSPS) is 38.2. The average Bonchev–Trinajstić information content (AvgIpc) is 2.49. The zero-order valence-electron chi connectivity index (χ0n) is 12.7. The average molecular weight is 278 g/mol. The Morgan fingerprint density at radius 2 is 1.60 bits per heavy atom. The lowest BCUT2D eigenvalue weighted by Crippen LogP contribution is -2.42. The summed E-state index contributed by atoms with van der Waals surface area (Å²) in [5, 5.41) is 19.5. The van der Waals surface area contributed by atoms with E-state index < -0.39 is 0 Å². The fourth-order valence-corrected chi connectivity index (χ4v) is 5.35. The molecule has 2 heteroatoms. The fourth-order valence-electron chi connectivity index (χ4n) is 5.35. The number of aliphatic hydroxyl groups excluding tert-OH is 2. The van der Waals surface area contributed by atoms with Crippen molar-refractivity contribution in [2.75, 3.05) is 0 Å². The van der Waals surface area contributed by atoms with Crippen molar-refractivity contribution in [2.24, 2.45) is 17.3 Å². The van der Waals surface area contributed by atoms with E-state index >= 15 is 0 Å². The van der Waals surface area contributed by atoms with E-state index in [1.165, 1.54) is 51.4 Å². The van der Waals surface area contributed by atoms with E-state index in [1.807, 2.05) is 0 Å². The highest BCUT2D eigenvalue weighted by atomic mass is 16.3. The maximum absolute atomic E-state index is 9.81. The lowest BCUT2D eigenvalue weighted by molar-refractivity contribution is -0.0233. The van der Waals surface area contributed by atoms with Gasteiger partial charge in [0.2, 0.25) is 0 Å². The third-order valence-corrected chi connectivity index (χ3v) is 6.49. The van der Waals surface area contributed by atoms with E-state index in [2.05, 4.69) is 6.08 Å². The van der Waals surface area contributed by atoms with Crippen LogP contribution in [0.2, 0.25) is 0 Å². The van der Waals surface area contributed by atoms with Gasteiger partial charge in [0, 0.05) is 6.42 Å². The quantitative estimate of drug-likeness (QED) is 0.766. The third-order valence-electron chi connectivity index (χ3n) is 6.49. The molecule has 0 spiro atoms. The summed E-state index contributed by atoms with van der Waals surface area (Å²) in [6, 6.07) is 0. The van der Waals surface area contributed by atoms with Crippen LogP contribution >= 0.6 is 0 Å². The lowest BCUT2D eigenvalue weighted by Gasteiger charge is -2.51. The molecular formula is C18H30O2. The summed E-state index contributed by atoms with van der Waals surface area (Å²) in [6.45, 7) is 0. The topological polar surface area (TPSA) is 40.5 Å². The first kappa shape index (κ1) is 14.4. The molecule has 2 N–H and O–H groups in total. The van der Waals surface area contributed by atoms with Gasteiger partial charge in [0.1, 0.15) is 0 Å². The SMILES string of the molecule is OC1=CCC(C2(C3CCC(O)CC3)CCCCC2)CC1. The number of aliphatic hydroxyl groups is 2. The highest BCUT2D eigenvalue weighted by Crippen LogP contribution is 2.56. The van der Waals surface area contributed by atoms with Gasteiger partial charge in [0.25, 0.3) is 0 Å². The first-order chi connectivity index (χ1) is 9.71. The van der Waals surface area contributed by atoms with Gasteiger partial charge < -0.3 is 10.2 Å². The van der Waals surface area contributed by atoms with E-state index in [0.717, 1.165) is 37.5 Å².